The SMILES string of the molecule is Cc1cc(C2CCNCC2)cc2cc[nH]c12. The molecule has 0 unspecified atom stereocenters. The van der Waals surface area contributed by atoms with E-state index in [1.165, 1.54) is 34.9 Å². The minimum Gasteiger partial charge on any atom is -0.361 e. The smallest absolute Gasteiger partial charge is 0.0483 e. The first kappa shape index (κ1) is 9.91. The second-order valence-electron chi connectivity index (χ2n) is 4.80. The lowest BCUT2D eigenvalue weighted by Crippen LogP contribution is -2.26. The molecule has 16 heavy (non-hydrogen) atoms. The maximum absolute atomic E-state index is 3.43. The molecular weight excluding hydrogens is 196 g/mol. The fourth-order valence-corrected chi connectivity index (χ4v) is 2.78. The zero-order valence-electron chi connectivity index (χ0n) is 9.72. The van der Waals surface area contributed by atoms with E-state index in [4.69, 9.17) is 0 Å². The van der Waals surface area contributed by atoms with Gasteiger partial charge in [-0.2, -0.15) is 0 Å². The molecular formula is C14H18N2. The zero-order valence-corrected chi connectivity index (χ0v) is 9.72. The van der Waals surface area contributed by atoms with Crippen LogP contribution in [-0.2, 0) is 0 Å². The molecule has 2 N–H and O–H groups in total. The van der Waals surface area contributed by atoms with E-state index in [0.29, 0.717) is 0 Å². The van der Waals surface area contributed by atoms with Crippen LogP contribution in [0.4, 0.5) is 0 Å². The summed E-state index contributed by atoms with van der Waals surface area (Å²) >= 11 is 0. The number of nitrogens with one attached hydrogen (secondary N) is 2. The van der Waals surface area contributed by atoms with Crippen LogP contribution in [0.25, 0.3) is 10.9 Å². The number of aromatic nitrogens is 1. The summed E-state index contributed by atoms with van der Waals surface area (Å²) in [7, 11) is 0. The van der Waals surface area contributed by atoms with Gasteiger partial charge < -0.3 is 10.3 Å². The lowest BCUT2D eigenvalue weighted by atomic mass is 9.88. The number of aryl methyl sites for hydroxylation is 1. The third kappa shape index (κ3) is 1.63. The van der Waals surface area contributed by atoms with Gasteiger partial charge in [-0.15, -0.1) is 0 Å². The summed E-state index contributed by atoms with van der Waals surface area (Å²) < 4.78 is 0. The monoisotopic (exact) mass is 214 g/mol. The molecule has 1 fully saturated rings. The van der Waals surface area contributed by atoms with Gasteiger partial charge in [0.05, 0.1) is 0 Å². The van der Waals surface area contributed by atoms with E-state index in [1.807, 2.05) is 6.20 Å². The quantitative estimate of drug-likeness (QED) is 0.750. The van der Waals surface area contributed by atoms with Crippen LogP contribution in [0.5, 0.6) is 0 Å². The van der Waals surface area contributed by atoms with E-state index < -0.39 is 0 Å². The van der Waals surface area contributed by atoms with Gasteiger partial charge in [0, 0.05) is 11.7 Å². The Kier molecular flexibility index (Phi) is 2.44. The van der Waals surface area contributed by atoms with Gasteiger partial charge in [0.25, 0.3) is 0 Å². The van der Waals surface area contributed by atoms with E-state index in [9.17, 15) is 0 Å². The van der Waals surface area contributed by atoms with E-state index in [0.717, 1.165) is 19.0 Å². The van der Waals surface area contributed by atoms with Crippen molar-refractivity contribution >= 4 is 10.9 Å². The maximum atomic E-state index is 3.43. The summed E-state index contributed by atoms with van der Waals surface area (Å²) in [5, 5.41) is 4.78. The molecule has 1 aliphatic heterocycles. The van der Waals surface area contributed by atoms with Crippen LogP contribution in [0.15, 0.2) is 24.4 Å². The zero-order chi connectivity index (χ0) is 11.0. The summed E-state index contributed by atoms with van der Waals surface area (Å²) in [6.07, 6.45) is 4.58. The van der Waals surface area contributed by atoms with Gasteiger partial charge in [-0.1, -0.05) is 6.07 Å². The van der Waals surface area contributed by atoms with E-state index in [2.05, 4.69) is 35.4 Å². The fourth-order valence-electron chi connectivity index (χ4n) is 2.78. The van der Waals surface area contributed by atoms with Gasteiger partial charge >= 0.3 is 0 Å². The molecule has 2 heterocycles. The molecule has 0 atom stereocenters. The average molecular weight is 214 g/mol. The lowest BCUT2D eigenvalue weighted by Gasteiger charge is -2.23. The molecule has 1 aliphatic rings. The van der Waals surface area contributed by atoms with Crippen LogP contribution < -0.4 is 5.32 Å². The van der Waals surface area contributed by atoms with Crippen molar-refractivity contribution in [1.29, 1.82) is 0 Å². The predicted octanol–water partition coefficient (Wildman–Crippen LogP) is 2.94. The Bertz CT molecular complexity index is 492. The largest absolute Gasteiger partial charge is 0.361 e. The Morgan fingerprint density at radius 3 is 2.81 bits per heavy atom. The van der Waals surface area contributed by atoms with Gasteiger partial charge in [-0.3, -0.25) is 0 Å². The highest BCUT2D eigenvalue weighted by Crippen LogP contribution is 2.29. The second kappa shape index (κ2) is 3.95. The van der Waals surface area contributed by atoms with Gasteiger partial charge in [0.1, 0.15) is 0 Å². The molecule has 2 aromatic rings. The fraction of sp³-hybridized carbons (Fsp3) is 0.429. The van der Waals surface area contributed by atoms with Crippen molar-refractivity contribution in [2.45, 2.75) is 25.7 Å². The molecule has 3 rings (SSSR count). The van der Waals surface area contributed by atoms with Crippen LogP contribution >= 0.6 is 0 Å². The van der Waals surface area contributed by atoms with Crippen LogP contribution in [0.1, 0.15) is 29.9 Å². The standard InChI is InChI=1S/C14H18N2/c1-10-8-13(11-2-5-15-6-3-11)9-12-4-7-16-14(10)12/h4,7-9,11,15-16H,2-3,5-6H2,1H3. The summed E-state index contributed by atoms with van der Waals surface area (Å²) in [5.41, 5.74) is 4.18. The van der Waals surface area contributed by atoms with Gasteiger partial charge in [0.15, 0.2) is 0 Å². The molecule has 0 amide bonds. The van der Waals surface area contributed by atoms with Crippen molar-refractivity contribution in [3.8, 4) is 0 Å². The molecule has 0 aliphatic carbocycles. The first-order valence-corrected chi connectivity index (χ1v) is 6.13. The molecule has 1 saturated heterocycles. The minimum absolute atomic E-state index is 0.749. The molecule has 2 heteroatoms. The van der Waals surface area contributed by atoms with Crippen LogP contribution in [0.3, 0.4) is 0 Å². The second-order valence-corrected chi connectivity index (χ2v) is 4.80. The van der Waals surface area contributed by atoms with Crippen molar-refractivity contribution in [1.82, 2.24) is 10.3 Å². The van der Waals surface area contributed by atoms with Crippen molar-refractivity contribution in [3.63, 3.8) is 0 Å². The minimum atomic E-state index is 0.749. The summed E-state index contributed by atoms with van der Waals surface area (Å²) in [6.45, 7) is 4.52. The number of aromatic amines is 1. The highest BCUT2D eigenvalue weighted by Gasteiger charge is 2.16. The molecule has 0 saturated carbocycles. The number of hydrogen-bond acceptors (Lipinski definition) is 1. The van der Waals surface area contributed by atoms with Crippen molar-refractivity contribution in [2.75, 3.05) is 13.1 Å². The topological polar surface area (TPSA) is 27.8 Å². The molecule has 2 nitrogen and oxygen atoms in total. The highest BCUT2D eigenvalue weighted by molar-refractivity contribution is 5.83. The number of benzene rings is 1. The molecule has 0 spiro atoms. The molecule has 0 bridgehead atoms. The highest BCUT2D eigenvalue weighted by atomic mass is 14.9. The first-order chi connectivity index (χ1) is 7.84. The number of H-pyrrole nitrogens is 1. The van der Waals surface area contributed by atoms with Crippen LogP contribution in [-0.4, -0.2) is 18.1 Å². The lowest BCUT2D eigenvalue weighted by molar-refractivity contribution is 0.460. The summed E-state index contributed by atoms with van der Waals surface area (Å²) in [4.78, 5) is 3.31. The van der Waals surface area contributed by atoms with Gasteiger partial charge in [0.2, 0.25) is 0 Å². The molecule has 1 aromatic heterocycles. The van der Waals surface area contributed by atoms with Crippen LogP contribution in [0.2, 0.25) is 0 Å². The predicted molar refractivity (Wildman–Crippen MR) is 67.9 cm³/mol. The summed E-state index contributed by atoms with van der Waals surface area (Å²) in [5.74, 6) is 0.749. The third-order valence-corrected chi connectivity index (χ3v) is 3.69. The maximum Gasteiger partial charge on any atom is 0.0483 e. The molecule has 0 radical (unpaired) electrons. The van der Waals surface area contributed by atoms with E-state index in [1.54, 1.807) is 0 Å². The van der Waals surface area contributed by atoms with E-state index in [-0.39, 0.29) is 0 Å². The first-order valence-electron chi connectivity index (χ1n) is 6.13. The van der Waals surface area contributed by atoms with E-state index >= 15 is 0 Å². The average Bonchev–Trinajstić information content (AvgIpc) is 2.79. The number of rotatable bonds is 1. The van der Waals surface area contributed by atoms with Crippen molar-refractivity contribution in [2.24, 2.45) is 0 Å². The summed E-state index contributed by atoms with van der Waals surface area (Å²) in [6, 6.07) is 6.89. The van der Waals surface area contributed by atoms with Crippen molar-refractivity contribution in [3.05, 3.63) is 35.5 Å². The number of fused-ring (bicyclic) bond motifs is 1. The molecule has 1 aromatic carbocycles. The Hall–Kier alpha value is -1.28. The van der Waals surface area contributed by atoms with Crippen molar-refractivity contribution < 1.29 is 0 Å². The molecule has 84 valence electrons. The van der Waals surface area contributed by atoms with Gasteiger partial charge in [-0.05, 0) is 67.4 Å². The number of piperidine rings is 1. The van der Waals surface area contributed by atoms with Gasteiger partial charge in [-0.25, -0.2) is 0 Å². The third-order valence-electron chi connectivity index (χ3n) is 3.69. The number of hydrogen-bond donors (Lipinski definition) is 2. The Morgan fingerprint density at radius 1 is 1.19 bits per heavy atom. The Labute approximate surface area is 96.1 Å². The van der Waals surface area contributed by atoms with Crippen LogP contribution in [0, 0.1) is 6.92 Å². The Balaban J connectivity index is 2.02. The Morgan fingerprint density at radius 2 is 2.00 bits per heavy atom. The normalized spacial score (nSPS) is 18.1.